The lowest BCUT2D eigenvalue weighted by Crippen LogP contribution is -2.36. The van der Waals surface area contributed by atoms with Crippen LogP contribution < -0.4 is 15.4 Å². The van der Waals surface area contributed by atoms with Gasteiger partial charge < -0.3 is 15.4 Å². The van der Waals surface area contributed by atoms with Gasteiger partial charge in [0.2, 0.25) is 0 Å². The molecule has 1 aromatic rings. The average molecular weight is 293 g/mol. The molecule has 0 aliphatic carbocycles. The van der Waals surface area contributed by atoms with Crippen molar-refractivity contribution in [3.05, 3.63) is 24.0 Å². The van der Waals surface area contributed by atoms with Crippen molar-refractivity contribution in [3.8, 4) is 5.75 Å². The third-order valence-electron chi connectivity index (χ3n) is 3.00. The normalized spacial score (nSPS) is 12.2. The number of amides is 1. The van der Waals surface area contributed by atoms with E-state index in [1.165, 1.54) is 0 Å². The predicted molar refractivity (Wildman–Crippen MR) is 84.2 cm³/mol. The van der Waals surface area contributed by atoms with Crippen molar-refractivity contribution >= 4 is 5.91 Å². The van der Waals surface area contributed by atoms with Crippen LogP contribution in [-0.4, -0.2) is 29.6 Å². The molecule has 0 bridgehead atoms. The van der Waals surface area contributed by atoms with E-state index in [4.69, 9.17) is 4.74 Å². The van der Waals surface area contributed by atoms with Gasteiger partial charge in [-0.05, 0) is 25.5 Å². The molecule has 21 heavy (non-hydrogen) atoms. The fourth-order valence-electron chi connectivity index (χ4n) is 1.68. The van der Waals surface area contributed by atoms with Gasteiger partial charge in [-0.25, -0.2) is 0 Å². The fourth-order valence-corrected chi connectivity index (χ4v) is 1.68. The van der Waals surface area contributed by atoms with E-state index in [1.54, 1.807) is 13.1 Å². The minimum absolute atomic E-state index is 0.0889. The summed E-state index contributed by atoms with van der Waals surface area (Å²) in [6.07, 6.45) is 3.19. The maximum Gasteiger partial charge on any atom is 0.260 e. The number of aromatic nitrogens is 1. The Balaban J connectivity index is 2.41. The zero-order chi connectivity index (χ0) is 15.7. The number of carbonyl (C=O) groups excluding carboxylic acids is 1. The summed E-state index contributed by atoms with van der Waals surface area (Å²) in [6.45, 7) is 9.45. The van der Waals surface area contributed by atoms with Gasteiger partial charge in [0, 0.05) is 19.1 Å². The molecule has 1 unspecified atom stereocenters. The zero-order valence-corrected chi connectivity index (χ0v) is 13.5. The van der Waals surface area contributed by atoms with Crippen LogP contribution in [0.2, 0.25) is 0 Å². The summed E-state index contributed by atoms with van der Waals surface area (Å²) >= 11 is 0. The van der Waals surface area contributed by atoms with Gasteiger partial charge in [0.05, 0.1) is 11.9 Å². The zero-order valence-electron chi connectivity index (χ0n) is 13.5. The van der Waals surface area contributed by atoms with Gasteiger partial charge in [0.1, 0.15) is 5.75 Å². The first-order valence-electron chi connectivity index (χ1n) is 7.65. The fraction of sp³-hybridized carbons (Fsp3) is 0.625. The van der Waals surface area contributed by atoms with E-state index in [-0.39, 0.29) is 5.91 Å². The summed E-state index contributed by atoms with van der Waals surface area (Å²) in [7, 11) is 0. The van der Waals surface area contributed by atoms with Crippen molar-refractivity contribution < 1.29 is 9.53 Å². The number of nitrogens with one attached hydrogen (secondary N) is 2. The van der Waals surface area contributed by atoms with Crippen LogP contribution in [0.5, 0.6) is 5.75 Å². The van der Waals surface area contributed by atoms with Crippen molar-refractivity contribution in [2.24, 2.45) is 0 Å². The molecule has 1 atom stereocenters. The van der Waals surface area contributed by atoms with Crippen molar-refractivity contribution in [2.45, 2.75) is 59.2 Å². The Morgan fingerprint density at radius 3 is 2.67 bits per heavy atom. The molecule has 2 N–H and O–H groups in total. The van der Waals surface area contributed by atoms with Gasteiger partial charge in [-0.15, -0.1) is 0 Å². The third-order valence-corrected chi connectivity index (χ3v) is 3.00. The van der Waals surface area contributed by atoms with Gasteiger partial charge in [-0.3, -0.25) is 9.78 Å². The quantitative estimate of drug-likeness (QED) is 0.686. The highest BCUT2D eigenvalue weighted by Crippen LogP contribution is 2.11. The van der Waals surface area contributed by atoms with E-state index in [9.17, 15) is 4.79 Å². The summed E-state index contributed by atoms with van der Waals surface area (Å²) in [4.78, 5) is 16.1. The summed E-state index contributed by atoms with van der Waals surface area (Å²) < 4.78 is 5.59. The molecule has 1 amide bonds. The Hall–Kier alpha value is -1.62. The van der Waals surface area contributed by atoms with E-state index >= 15 is 0 Å². The second kappa shape index (κ2) is 9.34. The highest BCUT2D eigenvalue weighted by Gasteiger charge is 2.13. The molecular formula is C16H27N3O2. The maximum absolute atomic E-state index is 11.8. The molecule has 1 aromatic heterocycles. The third kappa shape index (κ3) is 7.09. The van der Waals surface area contributed by atoms with E-state index in [0.717, 1.165) is 25.1 Å². The number of nitrogens with zero attached hydrogens (tertiary/aromatic N) is 1. The molecule has 0 aliphatic heterocycles. The smallest absolute Gasteiger partial charge is 0.260 e. The lowest BCUT2D eigenvalue weighted by Gasteiger charge is -2.14. The maximum atomic E-state index is 11.8. The summed E-state index contributed by atoms with van der Waals surface area (Å²) in [5.74, 6) is 0.524. The van der Waals surface area contributed by atoms with Crippen LogP contribution in [0.1, 0.15) is 46.2 Å². The summed E-state index contributed by atoms with van der Waals surface area (Å²) in [5.41, 5.74) is 0.955. The number of ether oxygens (including phenoxy) is 1. The minimum Gasteiger partial charge on any atom is -0.479 e. The molecule has 0 saturated carbocycles. The van der Waals surface area contributed by atoms with Crippen molar-refractivity contribution in [1.82, 2.24) is 15.6 Å². The molecule has 0 spiro atoms. The van der Waals surface area contributed by atoms with Gasteiger partial charge in [0.15, 0.2) is 6.10 Å². The Kier molecular flexibility index (Phi) is 7.75. The standard InChI is InChI=1S/C16H27N3O2/c1-5-6-9-17-16(20)13(4)21-15-8-7-14(19-11-15)10-18-12(2)3/h7-8,11-13,18H,5-6,9-10H2,1-4H3,(H,17,20). The first kappa shape index (κ1) is 17.4. The van der Waals surface area contributed by atoms with E-state index in [2.05, 4.69) is 36.4 Å². The van der Waals surface area contributed by atoms with E-state index in [1.807, 2.05) is 12.1 Å². The number of hydrogen-bond donors (Lipinski definition) is 2. The largest absolute Gasteiger partial charge is 0.479 e. The molecule has 0 aromatic carbocycles. The van der Waals surface area contributed by atoms with Crippen LogP contribution in [0.15, 0.2) is 18.3 Å². The second-order valence-corrected chi connectivity index (χ2v) is 5.43. The van der Waals surface area contributed by atoms with Crippen molar-refractivity contribution in [1.29, 1.82) is 0 Å². The molecule has 1 rings (SSSR count). The number of unbranched alkanes of at least 4 members (excludes halogenated alkanes) is 1. The van der Waals surface area contributed by atoms with Gasteiger partial charge in [-0.2, -0.15) is 0 Å². The molecule has 0 radical (unpaired) electrons. The Morgan fingerprint density at radius 1 is 1.33 bits per heavy atom. The molecule has 118 valence electrons. The van der Waals surface area contributed by atoms with Gasteiger partial charge in [0.25, 0.3) is 5.91 Å². The Labute approximate surface area is 127 Å². The number of carbonyl (C=O) groups is 1. The number of rotatable bonds is 9. The van der Waals surface area contributed by atoms with Crippen LogP contribution in [0.25, 0.3) is 0 Å². The molecule has 5 heteroatoms. The van der Waals surface area contributed by atoms with Crippen LogP contribution in [0.4, 0.5) is 0 Å². The van der Waals surface area contributed by atoms with Gasteiger partial charge in [-0.1, -0.05) is 27.2 Å². The highest BCUT2D eigenvalue weighted by molar-refractivity contribution is 5.80. The molecule has 0 aliphatic rings. The molecule has 0 fully saturated rings. The average Bonchev–Trinajstić information content (AvgIpc) is 2.46. The summed E-state index contributed by atoms with van der Waals surface area (Å²) in [5, 5.41) is 6.15. The monoisotopic (exact) mass is 293 g/mol. The van der Waals surface area contributed by atoms with Crippen molar-refractivity contribution in [2.75, 3.05) is 6.54 Å². The van der Waals surface area contributed by atoms with Crippen LogP contribution in [0.3, 0.4) is 0 Å². The van der Waals surface area contributed by atoms with Crippen LogP contribution in [-0.2, 0) is 11.3 Å². The lowest BCUT2D eigenvalue weighted by atomic mass is 10.3. The van der Waals surface area contributed by atoms with Crippen LogP contribution >= 0.6 is 0 Å². The topological polar surface area (TPSA) is 63.2 Å². The van der Waals surface area contributed by atoms with Crippen LogP contribution in [0, 0.1) is 0 Å². The van der Waals surface area contributed by atoms with Gasteiger partial charge >= 0.3 is 0 Å². The van der Waals surface area contributed by atoms with E-state index in [0.29, 0.717) is 18.3 Å². The SMILES string of the molecule is CCCCNC(=O)C(C)Oc1ccc(CNC(C)C)nc1. The molecule has 0 saturated heterocycles. The molecule has 5 nitrogen and oxygen atoms in total. The number of hydrogen-bond acceptors (Lipinski definition) is 4. The lowest BCUT2D eigenvalue weighted by molar-refractivity contribution is -0.127. The number of pyridine rings is 1. The first-order valence-corrected chi connectivity index (χ1v) is 7.65. The Morgan fingerprint density at radius 2 is 2.10 bits per heavy atom. The summed E-state index contributed by atoms with van der Waals surface area (Å²) in [6, 6.07) is 4.18. The van der Waals surface area contributed by atoms with E-state index < -0.39 is 6.10 Å². The first-order chi connectivity index (χ1) is 10.0. The second-order valence-electron chi connectivity index (χ2n) is 5.43. The Bertz CT molecular complexity index is 418. The predicted octanol–water partition coefficient (Wildman–Crippen LogP) is 2.26. The highest BCUT2D eigenvalue weighted by atomic mass is 16.5. The molecule has 1 heterocycles. The van der Waals surface area contributed by atoms with Crippen molar-refractivity contribution in [3.63, 3.8) is 0 Å². The minimum atomic E-state index is -0.511. The molecular weight excluding hydrogens is 266 g/mol.